The molecule has 1 unspecified atom stereocenters. The number of nitrogens with zero attached hydrogens (tertiary/aromatic N) is 4. The molecule has 9 heteroatoms. The Morgan fingerprint density at radius 3 is 2.52 bits per heavy atom. The quantitative estimate of drug-likeness (QED) is 0.382. The number of halogens is 1. The molecular formula is C24H25FN4O3S. The van der Waals surface area contributed by atoms with E-state index in [1.54, 1.807) is 17.0 Å². The number of hydrogen-bond donors (Lipinski definition) is 0. The standard InChI is InChI=1S/C24H25FN4O3S/c1-16(24-26-23(27-32-24)18-6-4-3-5-7-18)28-10-12-29(13-11-28)22(31)15-33-21-9-8-19(17(2)30)14-20(21)25/h3-9,14,16H,10-13,15H2,1-2H3. The second-order valence-corrected chi connectivity index (χ2v) is 8.92. The number of Topliss-reactive ketones (excluding diaryl/α,β-unsaturated/α-hetero) is 1. The minimum Gasteiger partial charge on any atom is -0.339 e. The zero-order valence-electron chi connectivity index (χ0n) is 18.5. The van der Waals surface area contributed by atoms with Gasteiger partial charge in [-0.05, 0) is 26.0 Å². The zero-order valence-corrected chi connectivity index (χ0v) is 19.3. The van der Waals surface area contributed by atoms with Crippen molar-refractivity contribution < 1.29 is 18.5 Å². The molecule has 1 aliphatic heterocycles. The van der Waals surface area contributed by atoms with E-state index in [2.05, 4.69) is 15.0 Å². The number of carbonyl (C=O) groups excluding carboxylic acids is 2. The molecule has 0 N–H and O–H groups in total. The molecule has 2 aromatic carbocycles. The Balaban J connectivity index is 1.28. The second kappa shape index (κ2) is 10.3. The maximum atomic E-state index is 14.2. The van der Waals surface area contributed by atoms with Crippen molar-refractivity contribution in [2.24, 2.45) is 0 Å². The largest absolute Gasteiger partial charge is 0.339 e. The summed E-state index contributed by atoms with van der Waals surface area (Å²) < 4.78 is 19.7. The first-order valence-corrected chi connectivity index (χ1v) is 11.7. The average molecular weight is 469 g/mol. The molecule has 172 valence electrons. The van der Waals surface area contributed by atoms with Gasteiger partial charge in [-0.15, -0.1) is 11.8 Å². The van der Waals surface area contributed by atoms with Crippen molar-refractivity contribution in [1.82, 2.24) is 19.9 Å². The fraction of sp³-hybridized carbons (Fsp3) is 0.333. The van der Waals surface area contributed by atoms with Crippen molar-refractivity contribution in [3.05, 3.63) is 65.8 Å². The average Bonchev–Trinajstić information content (AvgIpc) is 3.33. The minimum absolute atomic E-state index is 0.0356. The summed E-state index contributed by atoms with van der Waals surface area (Å²) in [5, 5.41) is 4.09. The van der Waals surface area contributed by atoms with Gasteiger partial charge in [0.05, 0.1) is 11.8 Å². The van der Waals surface area contributed by atoms with Crippen LogP contribution in [-0.2, 0) is 4.79 Å². The summed E-state index contributed by atoms with van der Waals surface area (Å²) in [6.45, 7) is 5.93. The van der Waals surface area contributed by atoms with Crippen molar-refractivity contribution in [1.29, 1.82) is 0 Å². The number of amides is 1. The molecule has 0 bridgehead atoms. The molecular weight excluding hydrogens is 443 g/mol. The maximum Gasteiger partial charge on any atom is 0.244 e. The van der Waals surface area contributed by atoms with Gasteiger partial charge in [0.15, 0.2) is 5.78 Å². The summed E-state index contributed by atoms with van der Waals surface area (Å²) >= 11 is 1.15. The highest BCUT2D eigenvalue weighted by Crippen LogP contribution is 2.25. The minimum atomic E-state index is -0.478. The fourth-order valence-electron chi connectivity index (χ4n) is 3.69. The van der Waals surface area contributed by atoms with E-state index >= 15 is 0 Å². The number of rotatable bonds is 7. The maximum absolute atomic E-state index is 14.2. The summed E-state index contributed by atoms with van der Waals surface area (Å²) in [6, 6.07) is 14.0. The smallest absolute Gasteiger partial charge is 0.244 e. The van der Waals surface area contributed by atoms with Gasteiger partial charge in [0.2, 0.25) is 17.6 Å². The second-order valence-electron chi connectivity index (χ2n) is 7.91. The van der Waals surface area contributed by atoms with Crippen LogP contribution in [0, 0.1) is 5.82 Å². The van der Waals surface area contributed by atoms with E-state index in [0.717, 1.165) is 17.3 Å². The predicted octanol–water partition coefficient (Wildman–Crippen LogP) is 4.08. The van der Waals surface area contributed by atoms with Gasteiger partial charge >= 0.3 is 0 Å². The molecule has 0 saturated carbocycles. The van der Waals surface area contributed by atoms with Crippen LogP contribution in [0.5, 0.6) is 0 Å². The summed E-state index contributed by atoms with van der Waals surface area (Å²) in [5.74, 6) is 0.557. The molecule has 3 aromatic rings. The Morgan fingerprint density at radius 1 is 1.12 bits per heavy atom. The Kier molecular flexibility index (Phi) is 7.20. The van der Waals surface area contributed by atoms with Gasteiger partial charge < -0.3 is 9.42 Å². The molecule has 0 aliphatic carbocycles. The van der Waals surface area contributed by atoms with Crippen LogP contribution in [0.25, 0.3) is 11.4 Å². The zero-order chi connectivity index (χ0) is 23.4. The molecule has 7 nitrogen and oxygen atoms in total. The van der Waals surface area contributed by atoms with Crippen molar-refractivity contribution in [2.45, 2.75) is 24.8 Å². The van der Waals surface area contributed by atoms with Crippen molar-refractivity contribution >= 4 is 23.5 Å². The first-order chi connectivity index (χ1) is 15.9. The van der Waals surface area contributed by atoms with Gasteiger partial charge in [-0.25, -0.2) is 4.39 Å². The number of piperazine rings is 1. The van der Waals surface area contributed by atoms with E-state index in [4.69, 9.17) is 4.52 Å². The lowest BCUT2D eigenvalue weighted by Gasteiger charge is -2.36. The summed E-state index contributed by atoms with van der Waals surface area (Å²) in [4.78, 5) is 32.9. The number of aromatic nitrogens is 2. The Hall–Kier alpha value is -3.04. The number of benzene rings is 2. The third kappa shape index (κ3) is 5.48. The van der Waals surface area contributed by atoms with Gasteiger partial charge in [-0.3, -0.25) is 14.5 Å². The van der Waals surface area contributed by atoms with Crippen molar-refractivity contribution in [3.63, 3.8) is 0 Å². The van der Waals surface area contributed by atoms with Crippen LogP contribution in [0.2, 0.25) is 0 Å². The molecule has 4 rings (SSSR count). The van der Waals surface area contributed by atoms with E-state index < -0.39 is 5.82 Å². The summed E-state index contributed by atoms with van der Waals surface area (Å²) in [6.07, 6.45) is 0. The molecule has 33 heavy (non-hydrogen) atoms. The monoisotopic (exact) mass is 468 g/mol. The Labute approximate surface area is 196 Å². The van der Waals surface area contributed by atoms with Crippen molar-refractivity contribution in [3.8, 4) is 11.4 Å². The number of thioether (sulfide) groups is 1. The van der Waals surface area contributed by atoms with Gasteiger partial charge in [-0.1, -0.05) is 41.6 Å². The summed E-state index contributed by atoms with van der Waals surface area (Å²) in [7, 11) is 0. The van der Waals surface area contributed by atoms with Crippen LogP contribution >= 0.6 is 11.8 Å². The number of hydrogen-bond acceptors (Lipinski definition) is 7. The fourth-order valence-corrected chi connectivity index (χ4v) is 4.51. The van der Waals surface area contributed by atoms with Crippen LogP contribution in [-0.4, -0.2) is 63.6 Å². The van der Waals surface area contributed by atoms with E-state index in [1.165, 1.54) is 13.0 Å². The van der Waals surface area contributed by atoms with Gasteiger partial charge in [0, 0.05) is 42.2 Å². The highest BCUT2D eigenvalue weighted by Gasteiger charge is 2.28. The van der Waals surface area contributed by atoms with Crippen LogP contribution < -0.4 is 0 Å². The first kappa shape index (κ1) is 23.1. The number of ketones is 1. The van der Waals surface area contributed by atoms with Gasteiger partial charge in [0.1, 0.15) is 5.82 Å². The number of carbonyl (C=O) groups is 2. The lowest BCUT2D eigenvalue weighted by molar-refractivity contribution is -0.130. The normalized spacial score (nSPS) is 15.4. The van der Waals surface area contributed by atoms with Crippen LogP contribution in [0.3, 0.4) is 0 Å². The molecule has 1 atom stereocenters. The molecule has 1 fully saturated rings. The molecule has 1 aliphatic rings. The van der Waals surface area contributed by atoms with Crippen molar-refractivity contribution in [2.75, 3.05) is 31.9 Å². The van der Waals surface area contributed by atoms with E-state index in [-0.39, 0.29) is 23.5 Å². The lowest BCUT2D eigenvalue weighted by Crippen LogP contribution is -2.49. The summed E-state index contributed by atoms with van der Waals surface area (Å²) in [5.41, 5.74) is 1.23. The molecule has 1 saturated heterocycles. The third-order valence-corrected chi connectivity index (χ3v) is 6.77. The predicted molar refractivity (Wildman–Crippen MR) is 123 cm³/mol. The SMILES string of the molecule is CC(=O)c1ccc(SCC(=O)N2CCN(C(C)c3nc(-c4ccccc4)no3)CC2)c(F)c1. The van der Waals surface area contributed by atoms with Crippen LogP contribution in [0.15, 0.2) is 57.9 Å². The Morgan fingerprint density at radius 2 is 1.85 bits per heavy atom. The lowest BCUT2D eigenvalue weighted by atomic mass is 10.1. The third-order valence-electron chi connectivity index (χ3n) is 5.74. The molecule has 1 amide bonds. The Bertz CT molecular complexity index is 1130. The van der Waals surface area contributed by atoms with Gasteiger partial charge in [0.25, 0.3) is 0 Å². The van der Waals surface area contributed by atoms with E-state index in [9.17, 15) is 14.0 Å². The van der Waals surface area contributed by atoms with Crippen LogP contribution in [0.4, 0.5) is 4.39 Å². The molecule has 2 heterocycles. The topological polar surface area (TPSA) is 79.5 Å². The van der Waals surface area contributed by atoms with Gasteiger partial charge in [-0.2, -0.15) is 4.98 Å². The highest BCUT2D eigenvalue weighted by molar-refractivity contribution is 8.00. The molecule has 1 aromatic heterocycles. The van der Waals surface area contributed by atoms with E-state index in [0.29, 0.717) is 48.4 Å². The van der Waals surface area contributed by atoms with Crippen LogP contribution in [0.1, 0.15) is 36.1 Å². The highest BCUT2D eigenvalue weighted by atomic mass is 32.2. The van der Waals surface area contributed by atoms with E-state index in [1.807, 2.05) is 37.3 Å². The molecule has 0 spiro atoms. The molecule has 0 radical (unpaired) electrons. The first-order valence-electron chi connectivity index (χ1n) is 10.8.